The smallest absolute Gasteiger partial charge is 0.249 e. The highest BCUT2D eigenvalue weighted by Gasteiger charge is 2.47. The molecule has 2 aromatic heterocycles. The Hall–Kier alpha value is -2.51. The van der Waals surface area contributed by atoms with Crippen molar-refractivity contribution in [2.75, 3.05) is 4.90 Å². The summed E-state index contributed by atoms with van der Waals surface area (Å²) in [6.07, 6.45) is 7.47. The normalized spacial score (nSPS) is 20.2. The topological polar surface area (TPSA) is 63.9 Å². The van der Waals surface area contributed by atoms with Crippen molar-refractivity contribution in [3.05, 3.63) is 65.4 Å². The minimum absolute atomic E-state index is 0.147. The molecular formula is C17H14ClN5OS. The molecule has 0 bridgehead atoms. The van der Waals surface area contributed by atoms with E-state index in [4.69, 9.17) is 11.6 Å². The van der Waals surface area contributed by atoms with Crippen LogP contribution in [0, 0.1) is 0 Å². The van der Waals surface area contributed by atoms with Gasteiger partial charge in [0.15, 0.2) is 0 Å². The molecule has 126 valence electrons. The number of β-lactam (4-membered cyclic amide) rings is 1. The van der Waals surface area contributed by atoms with Gasteiger partial charge in [-0.25, -0.2) is 0 Å². The number of nitrogens with zero attached hydrogens (tertiary/aromatic N) is 5. The van der Waals surface area contributed by atoms with Crippen LogP contribution >= 0.6 is 22.9 Å². The number of anilines is 1. The van der Waals surface area contributed by atoms with Gasteiger partial charge in [-0.05, 0) is 11.6 Å². The van der Waals surface area contributed by atoms with E-state index in [0.717, 1.165) is 10.6 Å². The highest BCUT2D eigenvalue weighted by Crippen LogP contribution is 2.34. The SMILES string of the molecule is O=C1C(Cl)C(/C=C/c2ccccc2)N1c1nnc(Cn2cccn2)s1. The lowest BCUT2D eigenvalue weighted by Gasteiger charge is -2.40. The van der Waals surface area contributed by atoms with Crippen LogP contribution in [-0.4, -0.2) is 37.3 Å². The predicted octanol–water partition coefficient (Wildman–Crippen LogP) is 2.82. The lowest BCUT2D eigenvalue weighted by Crippen LogP contribution is -2.61. The lowest BCUT2D eigenvalue weighted by molar-refractivity contribution is -0.122. The summed E-state index contributed by atoms with van der Waals surface area (Å²) in [6, 6.07) is 11.5. The molecule has 1 saturated heterocycles. The molecule has 6 nitrogen and oxygen atoms in total. The molecule has 2 unspecified atom stereocenters. The van der Waals surface area contributed by atoms with Crippen molar-refractivity contribution >= 4 is 40.1 Å². The summed E-state index contributed by atoms with van der Waals surface area (Å²) in [5.74, 6) is -0.147. The van der Waals surface area contributed by atoms with Crippen LogP contribution in [-0.2, 0) is 11.3 Å². The largest absolute Gasteiger partial charge is 0.276 e. The average Bonchev–Trinajstić information content (AvgIpc) is 3.31. The minimum atomic E-state index is -0.571. The summed E-state index contributed by atoms with van der Waals surface area (Å²) in [5, 5.41) is 13.2. The standard InChI is InChI=1S/C17H14ClN5OS/c18-15-13(8-7-12-5-2-1-3-6-12)23(16(15)24)17-21-20-14(25-17)11-22-10-4-9-19-22/h1-10,13,15H,11H2/b8-7+. The Bertz CT molecular complexity index is 893. The van der Waals surface area contributed by atoms with E-state index in [1.807, 2.05) is 54.7 Å². The fourth-order valence-corrected chi connectivity index (χ4v) is 3.78. The molecule has 0 aliphatic carbocycles. The summed E-state index contributed by atoms with van der Waals surface area (Å²) in [6.45, 7) is 0.529. The molecule has 1 aliphatic heterocycles. The number of alkyl halides is 1. The van der Waals surface area contributed by atoms with Crippen molar-refractivity contribution < 1.29 is 4.79 Å². The van der Waals surface area contributed by atoms with Gasteiger partial charge in [-0.15, -0.1) is 21.8 Å². The summed E-state index contributed by atoms with van der Waals surface area (Å²) in [5.41, 5.74) is 1.06. The van der Waals surface area contributed by atoms with E-state index >= 15 is 0 Å². The second kappa shape index (κ2) is 6.78. The van der Waals surface area contributed by atoms with E-state index in [9.17, 15) is 4.79 Å². The van der Waals surface area contributed by atoms with Crippen LogP contribution in [0.15, 0.2) is 54.9 Å². The van der Waals surface area contributed by atoms with Gasteiger partial charge in [0, 0.05) is 12.4 Å². The highest BCUT2D eigenvalue weighted by atomic mass is 35.5. The molecule has 8 heteroatoms. The fraction of sp³-hybridized carbons (Fsp3) is 0.176. The maximum Gasteiger partial charge on any atom is 0.249 e. The first-order valence-electron chi connectivity index (χ1n) is 7.72. The average molecular weight is 372 g/mol. The molecule has 0 N–H and O–H groups in total. The van der Waals surface area contributed by atoms with Crippen LogP contribution in [0.5, 0.6) is 0 Å². The third-order valence-corrected chi connectivity index (χ3v) is 5.23. The summed E-state index contributed by atoms with van der Waals surface area (Å²) in [4.78, 5) is 13.8. The quantitative estimate of drug-likeness (QED) is 0.511. The monoisotopic (exact) mass is 371 g/mol. The second-order valence-corrected chi connectivity index (χ2v) is 7.06. The van der Waals surface area contributed by atoms with Crippen LogP contribution in [0.2, 0.25) is 0 Å². The summed E-state index contributed by atoms with van der Waals surface area (Å²) < 4.78 is 1.76. The lowest BCUT2D eigenvalue weighted by atomic mass is 10.0. The highest BCUT2D eigenvalue weighted by molar-refractivity contribution is 7.15. The molecule has 4 rings (SSSR count). The first-order chi connectivity index (χ1) is 12.2. The van der Waals surface area contributed by atoms with E-state index in [1.54, 1.807) is 15.8 Å². The molecule has 0 saturated carbocycles. The van der Waals surface area contributed by atoms with Gasteiger partial charge < -0.3 is 0 Å². The molecule has 0 radical (unpaired) electrons. The van der Waals surface area contributed by atoms with Crippen molar-refractivity contribution in [2.24, 2.45) is 0 Å². The number of hydrogen-bond donors (Lipinski definition) is 0. The fourth-order valence-electron chi connectivity index (χ4n) is 2.59. The first kappa shape index (κ1) is 16.0. The number of hydrogen-bond acceptors (Lipinski definition) is 5. The van der Waals surface area contributed by atoms with Gasteiger partial charge in [0.05, 0.1) is 12.6 Å². The molecule has 25 heavy (non-hydrogen) atoms. The van der Waals surface area contributed by atoms with E-state index in [1.165, 1.54) is 11.3 Å². The number of halogens is 1. The number of amides is 1. The zero-order chi connectivity index (χ0) is 17.2. The maximum atomic E-state index is 12.2. The zero-order valence-corrected chi connectivity index (χ0v) is 14.6. The van der Waals surface area contributed by atoms with Gasteiger partial charge in [-0.2, -0.15) is 5.10 Å². The molecule has 3 heterocycles. The van der Waals surface area contributed by atoms with Gasteiger partial charge in [0.2, 0.25) is 11.0 Å². The number of aromatic nitrogens is 4. The Kier molecular flexibility index (Phi) is 4.33. The van der Waals surface area contributed by atoms with Gasteiger partial charge in [0.25, 0.3) is 0 Å². The Morgan fingerprint density at radius 1 is 1.20 bits per heavy atom. The molecule has 1 fully saturated rings. The van der Waals surface area contributed by atoms with E-state index in [2.05, 4.69) is 15.3 Å². The number of carbonyl (C=O) groups is 1. The van der Waals surface area contributed by atoms with Crippen LogP contribution in [0.3, 0.4) is 0 Å². The summed E-state index contributed by atoms with van der Waals surface area (Å²) in [7, 11) is 0. The Balaban J connectivity index is 1.51. The summed E-state index contributed by atoms with van der Waals surface area (Å²) >= 11 is 7.57. The molecule has 1 aromatic carbocycles. The zero-order valence-electron chi connectivity index (χ0n) is 13.1. The third-order valence-electron chi connectivity index (χ3n) is 3.88. The van der Waals surface area contributed by atoms with Crippen molar-refractivity contribution in [3.8, 4) is 0 Å². The van der Waals surface area contributed by atoms with E-state index in [-0.39, 0.29) is 11.9 Å². The van der Waals surface area contributed by atoms with Gasteiger partial charge in [0.1, 0.15) is 10.4 Å². The predicted molar refractivity (Wildman–Crippen MR) is 97.6 cm³/mol. The number of carbonyl (C=O) groups excluding carboxylic acids is 1. The van der Waals surface area contributed by atoms with Crippen LogP contribution < -0.4 is 4.90 Å². The molecule has 0 spiro atoms. The van der Waals surface area contributed by atoms with Crippen molar-refractivity contribution in [2.45, 2.75) is 18.0 Å². The van der Waals surface area contributed by atoms with E-state index < -0.39 is 5.38 Å². The number of rotatable bonds is 5. The number of benzene rings is 1. The van der Waals surface area contributed by atoms with Gasteiger partial charge in [-0.3, -0.25) is 14.4 Å². The second-order valence-electron chi connectivity index (χ2n) is 5.55. The Morgan fingerprint density at radius 2 is 2.04 bits per heavy atom. The van der Waals surface area contributed by atoms with Gasteiger partial charge in [-0.1, -0.05) is 53.8 Å². The Morgan fingerprint density at radius 3 is 2.80 bits per heavy atom. The maximum absolute atomic E-state index is 12.2. The minimum Gasteiger partial charge on any atom is -0.276 e. The van der Waals surface area contributed by atoms with Crippen molar-refractivity contribution in [1.29, 1.82) is 0 Å². The van der Waals surface area contributed by atoms with Crippen molar-refractivity contribution in [1.82, 2.24) is 20.0 Å². The van der Waals surface area contributed by atoms with Crippen LogP contribution in [0.25, 0.3) is 6.08 Å². The van der Waals surface area contributed by atoms with Gasteiger partial charge >= 0.3 is 0 Å². The third kappa shape index (κ3) is 3.20. The molecule has 1 aliphatic rings. The van der Waals surface area contributed by atoms with E-state index in [0.29, 0.717) is 11.7 Å². The molecule has 3 aromatic rings. The first-order valence-corrected chi connectivity index (χ1v) is 8.98. The van der Waals surface area contributed by atoms with Crippen LogP contribution in [0.1, 0.15) is 10.6 Å². The van der Waals surface area contributed by atoms with Crippen molar-refractivity contribution in [3.63, 3.8) is 0 Å². The molecule has 1 amide bonds. The Labute approximate surface area is 153 Å². The molecule has 2 atom stereocenters. The van der Waals surface area contributed by atoms with Crippen LogP contribution in [0.4, 0.5) is 5.13 Å². The molecular weight excluding hydrogens is 358 g/mol.